The van der Waals surface area contributed by atoms with Crippen LogP contribution in [0, 0.1) is 0 Å². The number of piperazine rings is 1. The smallest absolute Gasteiger partial charge is 0.312 e. The molecule has 0 radical (unpaired) electrons. The summed E-state index contributed by atoms with van der Waals surface area (Å²) in [6, 6.07) is 6.72. The van der Waals surface area contributed by atoms with E-state index in [9.17, 15) is 13.2 Å². The van der Waals surface area contributed by atoms with Crippen LogP contribution < -0.4 is 5.32 Å². The molecule has 1 aliphatic heterocycles. The van der Waals surface area contributed by atoms with Gasteiger partial charge in [-0.1, -0.05) is 30.3 Å². The summed E-state index contributed by atoms with van der Waals surface area (Å²) in [5.41, 5.74) is 0.319. The number of benzene rings is 1. The van der Waals surface area contributed by atoms with Crippen molar-refractivity contribution in [1.82, 2.24) is 10.2 Å². The second-order valence-corrected chi connectivity index (χ2v) is 4.70. The highest BCUT2D eigenvalue weighted by Gasteiger charge is 2.45. The van der Waals surface area contributed by atoms with E-state index in [0.29, 0.717) is 25.2 Å². The van der Waals surface area contributed by atoms with Crippen LogP contribution in [0.1, 0.15) is 18.5 Å². The lowest BCUT2D eigenvalue weighted by Crippen LogP contribution is -2.53. The molecule has 18 heavy (non-hydrogen) atoms. The lowest BCUT2D eigenvalue weighted by atomic mass is 10.0. The number of hydrogen-bond donors (Lipinski definition) is 1. The van der Waals surface area contributed by atoms with Crippen LogP contribution in [-0.4, -0.2) is 36.8 Å². The Kier molecular flexibility index (Phi) is 3.92. The monoisotopic (exact) mass is 258 g/mol. The van der Waals surface area contributed by atoms with Crippen LogP contribution in [0.25, 0.3) is 0 Å². The molecule has 0 aliphatic carbocycles. The highest BCUT2D eigenvalue weighted by atomic mass is 19.4. The normalized spacial score (nSPS) is 23.9. The van der Waals surface area contributed by atoms with Gasteiger partial charge in [-0.05, 0) is 12.5 Å². The summed E-state index contributed by atoms with van der Waals surface area (Å²) < 4.78 is 39.8. The first-order chi connectivity index (χ1) is 8.48. The Labute approximate surface area is 105 Å². The van der Waals surface area contributed by atoms with Crippen molar-refractivity contribution in [2.75, 3.05) is 19.6 Å². The molecule has 100 valence electrons. The number of nitrogens with one attached hydrogen (secondary N) is 1. The van der Waals surface area contributed by atoms with Gasteiger partial charge in [-0.2, -0.15) is 13.2 Å². The molecule has 1 saturated heterocycles. The van der Waals surface area contributed by atoms with Gasteiger partial charge in [0.1, 0.15) is 6.04 Å². The van der Waals surface area contributed by atoms with E-state index in [4.69, 9.17) is 0 Å². The van der Waals surface area contributed by atoms with Gasteiger partial charge in [0.15, 0.2) is 0 Å². The molecule has 1 N–H and O–H groups in total. The summed E-state index contributed by atoms with van der Waals surface area (Å²) in [7, 11) is 0. The molecular weight excluding hydrogens is 241 g/mol. The van der Waals surface area contributed by atoms with Crippen molar-refractivity contribution in [2.24, 2.45) is 0 Å². The molecule has 5 heteroatoms. The third-order valence-corrected chi connectivity index (χ3v) is 3.19. The molecule has 2 atom stereocenters. The molecule has 1 heterocycles. The number of rotatable bonds is 2. The number of nitrogens with zero attached hydrogens (tertiary/aromatic N) is 1. The third kappa shape index (κ3) is 3.03. The molecule has 0 saturated carbocycles. The minimum atomic E-state index is -4.24. The molecule has 1 fully saturated rings. The van der Waals surface area contributed by atoms with Gasteiger partial charge in [-0.3, -0.25) is 4.90 Å². The van der Waals surface area contributed by atoms with E-state index in [1.54, 1.807) is 30.3 Å². The zero-order valence-electron chi connectivity index (χ0n) is 10.2. The van der Waals surface area contributed by atoms with E-state index in [-0.39, 0.29) is 6.04 Å². The maximum atomic E-state index is 13.3. The Morgan fingerprint density at radius 1 is 1.28 bits per heavy atom. The van der Waals surface area contributed by atoms with E-state index < -0.39 is 12.2 Å². The van der Waals surface area contributed by atoms with Crippen LogP contribution >= 0.6 is 0 Å². The van der Waals surface area contributed by atoms with Crippen molar-refractivity contribution < 1.29 is 13.2 Å². The first-order valence-electron chi connectivity index (χ1n) is 6.07. The molecule has 1 aromatic carbocycles. The summed E-state index contributed by atoms with van der Waals surface area (Å²) in [5.74, 6) is 0. The Bertz CT molecular complexity index is 378. The first kappa shape index (κ1) is 13.4. The zero-order valence-corrected chi connectivity index (χ0v) is 10.2. The number of halogens is 3. The quantitative estimate of drug-likeness (QED) is 0.877. The Balaban J connectivity index is 2.26. The molecular formula is C13H17F3N2. The number of hydrogen-bond acceptors (Lipinski definition) is 2. The SMILES string of the molecule is C[C@H]1CN(C(c2ccccc2)C(F)(F)F)CCN1. The summed E-state index contributed by atoms with van der Waals surface area (Å²) in [5, 5.41) is 3.16. The summed E-state index contributed by atoms with van der Waals surface area (Å²) in [4.78, 5) is 1.51. The van der Waals surface area contributed by atoms with Gasteiger partial charge in [-0.15, -0.1) is 0 Å². The lowest BCUT2D eigenvalue weighted by Gasteiger charge is -2.38. The molecule has 2 nitrogen and oxygen atoms in total. The molecule has 0 aromatic heterocycles. The van der Waals surface area contributed by atoms with Gasteiger partial charge < -0.3 is 5.32 Å². The van der Waals surface area contributed by atoms with Gasteiger partial charge in [0, 0.05) is 25.7 Å². The van der Waals surface area contributed by atoms with E-state index in [0.717, 1.165) is 0 Å². The average molecular weight is 258 g/mol. The average Bonchev–Trinajstić information content (AvgIpc) is 2.28. The maximum absolute atomic E-state index is 13.3. The van der Waals surface area contributed by atoms with E-state index in [1.807, 2.05) is 6.92 Å². The molecule has 0 spiro atoms. The van der Waals surface area contributed by atoms with Crippen LogP contribution in [0.3, 0.4) is 0 Å². The largest absolute Gasteiger partial charge is 0.408 e. The van der Waals surface area contributed by atoms with E-state index >= 15 is 0 Å². The Morgan fingerprint density at radius 2 is 1.94 bits per heavy atom. The van der Waals surface area contributed by atoms with Crippen molar-refractivity contribution >= 4 is 0 Å². The van der Waals surface area contributed by atoms with Crippen LogP contribution in [0.4, 0.5) is 13.2 Å². The fourth-order valence-corrected chi connectivity index (χ4v) is 2.44. The molecule has 1 aliphatic rings. The van der Waals surface area contributed by atoms with Crippen LogP contribution in [0.15, 0.2) is 30.3 Å². The summed E-state index contributed by atoms with van der Waals surface area (Å²) in [6.45, 7) is 3.34. The molecule has 2 rings (SSSR count). The molecule has 0 amide bonds. The molecule has 0 bridgehead atoms. The van der Waals surface area contributed by atoms with E-state index in [1.165, 1.54) is 4.90 Å². The van der Waals surface area contributed by atoms with E-state index in [2.05, 4.69) is 5.32 Å². The van der Waals surface area contributed by atoms with Gasteiger partial charge >= 0.3 is 6.18 Å². The second kappa shape index (κ2) is 5.28. The Hall–Kier alpha value is -1.07. The lowest BCUT2D eigenvalue weighted by molar-refractivity contribution is -0.189. The van der Waals surface area contributed by atoms with Gasteiger partial charge in [0.05, 0.1) is 0 Å². The van der Waals surface area contributed by atoms with Gasteiger partial charge in [0.2, 0.25) is 0 Å². The highest BCUT2D eigenvalue weighted by molar-refractivity contribution is 5.21. The van der Waals surface area contributed by atoms with Crippen molar-refractivity contribution in [3.05, 3.63) is 35.9 Å². The van der Waals surface area contributed by atoms with Crippen molar-refractivity contribution in [2.45, 2.75) is 25.2 Å². The standard InChI is InChI=1S/C13H17F3N2/c1-10-9-18(8-7-17-10)12(13(14,15)16)11-5-3-2-4-6-11/h2-6,10,12,17H,7-9H2,1H3/t10-,12?/m0/s1. The van der Waals surface area contributed by atoms with Crippen molar-refractivity contribution in [1.29, 1.82) is 0 Å². The third-order valence-electron chi connectivity index (χ3n) is 3.19. The second-order valence-electron chi connectivity index (χ2n) is 4.70. The summed E-state index contributed by atoms with van der Waals surface area (Å²) in [6.07, 6.45) is -4.24. The van der Waals surface area contributed by atoms with Gasteiger partial charge in [0.25, 0.3) is 0 Å². The first-order valence-corrected chi connectivity index (χ1v) is 6.07. The topological polar surface area (TPSA) is 15.3 Å². The number of alkyl halides is 3. The minimum absolute atomic E-state index is 0.0901. The van der Waals surface area contributed by atoms with Gasteiger partial charge in [-0.25, -0.2) is 0 Å². The molecule has 1 aromatic rings. The highest BCUT2D eigenvalue weighted by Crippen LogP contribution is 2.37. The van der Waals surface area contributed by atoms with Crippen molar-refractivity contribution in [3.8, 4) is 0 Å². The van der Waals surface area contributed by atoms with Crippen LogP contribution in [0.2, 0.25) is 0 Å². The fourth-order valence-electron chi connectivity index (χ4n) is 2.44. The predicted molar refractivity (Wildman–Crippen MR) is 64.3 cm³/mol. The predicted octanol–water partition coefficient (Wildman–Crippen LogP) is 2.58. The minimum Gasteiger partial charge on any atom is -0.312 e. The molecule has 1 unspecified atom stereocenters. The fraction of sp³-hybridized carbons (Fsp3) is 0.538. The zero-order chi connectivity index (χ0) is 13.2. The van der Waals surface area contributed by atoms with Crippen molar-refractivity contribution in [3.63, 3.8) is 0 Å². The summed E-state index contributed by atoms with van der Waals surface area (Å²) >= 11 is 0. The van der Waals surface area contributed by atoms with Crippen LogP contribution in [-0.2, 0) is 0 Å². The Morgan fingerprint density at radius 3 is 2.50 bits per heavy atom. The van der Waals surface area contributed by atoms with Crippen LogP contribution in [0.5, 0.6) is 0 Å². The maximum Gasteiger partial charge on any atom is 0.408 e.